The Morgan fingerprint density at radius 3 is 2.32 bits per heavy atom. The van der Waals surface area contributed by atoms with Crippen LogP contribution in [-0.2, 0) is 0 Å². The minimum atomic E-state index is 0.310. The highest BCUT2D eigenvalue weighted by molar-refractivity contribution is 9.11. The predicted molar refractivity (Wildman–Crippen MR) is 93.6 cm³/mol. The third-order valence-corrected chi connectivity index (χ3v) is 7.32. The highest BCUT2D eigenvalue weighted by Gasteiger charge is 2.19. The van der Waals surface area contributed by atoms with Crippen LogP contribution in [0.1, 0.15) is 39.6 Å². The van der Waals surface area contributed by atoms with Gasteiger partial charge in [-0.3, -0.25) is 0 Å². The molecule has 2 aromatic rings. The van der Waals surface area contributed by atoms with Crippen LogP contribution in [0.5, 0.6) is 0 Å². The summed E-state index contributed by atoms with van der Waals surface area (Å²) in [6.07, 6.45) is 1.15. The summed E-state index contributed by atoms with van der Waals surface area (Å²) in [5.74, 6) is 0. The minimum Gasteiger partial charge on any atom is -0.305 e. The van der Waals surface area contributed by atoms with Crippen molar-refractivity contribution >= 4 is 54.5 Å². The average molecular weight is 423 g/mol. The highest BCUT2D eigenvalue weighted by atomic mass is 79.9. The van der Waals surface area contributed by atoms with Crippen LogP contribution in [0.3, 0.4) is 0 Å². The van der Waals surface area contributed by atoms with Crippen molar-refractivity contribution in [2.24, 2.45) is 0 Å². The Morgan fingerprint density at radius 2 is 1.84 bits per heavy atom. The summed E-state index contributed by atoms with van der Waals surface area (Å²) in [5, 5.41) is 3.66. The van der Waals surface area contributed by atoms with Crippen LogP contribution in [0, 0.1) is 13.8 Å². The van der Waals surface area contributed by atoms with Gasteiger partial charge in [-0.05, 0) is 76.4 Å². The number of rotatable bonds is 5. The molecule has 0 aliphatic carbocycles. The Balaban J connectivity index is 2.34. The topological polar surface area (TPSA) is 12.0 Å². The summed E-state index contributed by atoms with van der Waals surface area (Å²) < 4.78 is 2.45. The van der Waals surface area contributed by atoms with E-state index in [9.17, 15) is 0 Å². The zero-order chi connectivity index (χ0) is 14.0. The molecular formula is C14H17Br2NS2. The fourth-order valence-electron chi connectivity index (χ4n) is 1.88. The van der Waals surface area contributed by atoms with Crippen LogP contribution in [-0.4, -0.2) is 6.54 Å². The highest BCUT2D eigenvalue weighted by Crippen LogP contribution is 2.38. The van der Waals surface area contributed by atoms with Gasteiger partial charge in [-0.2, -0.15) is 0 Å². The van der Waals surface area contributed by atoms with Crippen molar-refractivity contribution in [3.63, 3.8) is 0 Å². The van der Waals surface area contributed by atoms with E-state index < -0.39 is 0 Å². The first-order chi connectivity index (χ1) is 9.02. The standard InChI is InChI=1S/C14H17Br2NS2/c1-4-5-17-13(11-6-8(2)14(16)19-11)12-7-10(15)9(3)18-12/h6-7,13,17H,4-5H2,1-3H3. The normalized spacial score (nSPS) is 12.9. The summed E-state index contributed by atoms with van der Waals surface area (Å²) >= 11 is 10.9. The molecule has 0 aliphatic heterocycles. The van der Waals surface area contributed by atoms with E-state index in [1.165, 1.54) is 28.5 Å². The van der Waals surface area contributed by atoms with E-state index in [4.69, 9.17) is 0 Å². The van der Waals surface area contributed by atoms with Gasteiger partial charge < -0.3 is 5.32 Å². The summed E-state index contributed by atoms with van der Waals surface area (Å²) in [4.78, 5) is 4.10. The molecule has 2 aromatic heterocycles. The lowest BCUT2D eigenvalue weighted by molar-refractivity contribution is 0.613. The molecule has 0 amide bonds. The fourth-order valence-corrected chi connectivity index (χ4v) is 5.28. The lowest BCUT2D eigenvalue weighted by Gasteiger charge is -2.15. The molecule has 1 nitrogen and oxygen atoms in total. The van der Waals surface area contributed by atoms with Crippen LogP contribution < -0.4 is 5.32 Å². The van der Waals surface area contributed by atoms with E-state index >= 15 is 0 Å². The zero-order valence-electron chi connectivity index (χ0n) is 11.2. The molecule has 1 atom stereocenters. The lowest BCUT2D eigenvalue weighted by atomic mass is 10.2. The van der Waals surface area contributed by atoms with Crippen LogP contribution >= 0.6 is 54.5 Å². The van der Waals surface area contributed by atoms with Gasteiger partial charge in [-0.25, -0.2) is 0 Å². The number of hydrogen-bond donors (Lipinski definition) is 1. The third-order valence-electron chi connectivity index (χ3n) is 2.92. The SMILES string of the molecule is CCCNC(c1cc(Br)c(C)s1)c1cc(C)c(Br)s1. The summed E-state index contributed by atoms with van der Waals surface area (Å²) in [6, 6.07) is 4.84. The number of thiophene rings is 2. The third kappa shape index (κ3) is 3.70. The first-order valence-electron chi connectivity index (χ1n) is 6.28. The van der Waals surface area contributed by atoms with Crippen molar-refractivity contribution in [3.8, 4) is 0 Å². The van der Waals surface area contributed by atoms with Crippen molar-refractivity contribution in [2.45, 2.75) is 33.2 Å². The van der Waals surface area contributed by atoms with E-state index in [2.05, 4.69) is 70.1 Å². The van der Waals surface area contributed by atoms with Crippen LogP contribution in [0.15, 0.2) is 20.4 Å². The average Bonchev–Trinajstić information content (AvgIpc) is 2.85. The first-order valence-corrected chi connectivity index (χ1v) is 9.49. The summed E-state index contributed by atoms with van der Waals surface area (Å²) in [5.41, 5.74) is 1.32. The molecule has 2 rings (SSSR count). The second-order valence-electron chi connectivity index (χ2n) is 4.55. The molecule has 0 fully saturated rings. The zero-order valence-corrected chi connectivity index (χ0v) is 16.0. The van der Waals surface area contributed by atoms with Gasteiger partial charge in [0.05, 0.1) is 9.83 Å². The molecule has 1 unspecified atom stereocenters. The van der Waals surface area contributed by atoms with Gasteiger partial charge >= 0.3 is 0 Å². The van der Waals surface area contributed by atoms with Gasteiger partial charge in [0.15, 0.2) is 0 Å². The van der Waals surface area contributed by atoms with Gasteiger partial charge in [0.25, 0.3) is 0 Å². The van der Waals surface area contributed by atoms with Crippen LogP contribution in [0.2, 0.25) is 0 Å². The van der Waals surface area contributed by atoms with E-state index in [0.717, 1.165) is 13.0 Å². The maximum absolute atomic E-state index is 3.66. The monoisotopic (exact) mass is 421 g/mol. The van der Waals surface area contributed by atoms with Gasteiger partial charge in [0.1, 0.15) is 0 Å². The molecule has 0 aliphatic rings. The van der Waals surface area contributed by atoms with Gasteiger partial charge in [0, 0.05) is 19.1 Å². The second kappa shape index (κ2) is 6.85. The molecule has 2 heterocycles. The Bertz CT molecular complexity index is 475. The fraction of sp³-hybridized carbons (Fsp3) is 0.429. The maximum Gasteiger partial charge on any atom is 0.0765 e. The van der Waals surface area contributed by atoms with Gasteiger partial charge in [-0.1, -0.05) is 6.92 Å². The Morgan fingerprint density at radius 1 is 1.16 bits per heavy atom. The van der Waals surface area contributed by atoms with Crippen molar-refractivity contribution in [3.05, 3.63) is 40.6 Å². The van der Waals surface area contributed by atoms with Crippen molar-refractivity contribution in [2.75, 3.05) is 6.54 Å². The van der Waals surface area contributed by atoms with E-state index in [-0.39, 0.29) is 0 Å². The van der Waals surface area contributed by atoms with E-state index in [0.29, 0.717) is 6.04 Å². The quantitative estimate of drug-likeness (QED) is 0.619. The number of hydrogen-bond acceptors (Lipinski definition) is 3. The Kier molecular flexibility index (Phi) is 5.66. The number of aryl methyl sites for hydroxylation is 2. The van der Waals surface area contributed by atoms with Gasteiger partial charge in [0.2, 0.25) is 0 Å². The molecule has 0 spiro atoms. The van der Waals surface area contributed by atoms with E-state index in [1.807, 2.05) is 22.7 Å². The first kappa shape index (κ1) is 15.7. The maximum atomic E-state index is 3.66. The molecule has 5 heteroatoms. The largest absolute Gasteiger partial charge is 0.305 e. The van der Waals surface area contributed by atoms with Crippen molar-refractivity contribution < 1.29 is 0 Å². The lowest BCUT2D eigenvalue weighted by Crippen LogP contribution is -2.21. The molecule has 0 radical (unpaired) electrons. The van der Waals surface area contributed by atoms with E-state index in [1.54, 1.807) is 0 Å². The molecule has 0 saturated carbocycles. The molecule has 104 valence electrons. The summed E-state index contributed by atoms with van der Waals surface area (Å²) in [6.45, 7) is 7.55. The summed E-state index contributed by atoms with van der Waals surface area (Å²) in [7, 11) is 0. The molecule has 19 heavy (non-hydrogen) atoms. The van der Waals surface area contributed by atoms with Crippen molar-refractivity contribution in [1.82, 2.24) is 5.32 Å². The minimum absolute atomic E-state index is 0.310. The van der Waals surface area contributed by atoms with Crippen molar-refractivity contribution in [1.29, 1.82) is 0 Å². The van der Waals surface area contributed by atoms with Gasteiger partial charge in [-0.15, -0.1) is 22.7 Å². The van der Waals surface area contributed by atoms with Crippen LogP contribution in [0.4, 0.5) is 0 Å². The predicted octanol–water partition coefficient (Wildman–Crippen LogP) is 6.04. The molecule has 0 bridgehead atoms. The second-order valence-corrected chi connectivity index (χ2v) is 9.09. The molecule has 1 N–H and O–H groups in total. The number of nitrogens with one attached hydrogen (secondary N) is 1. The Labute approximate surface area is 139 Å². The van der Waals surface area contributed by atoms with Crippen LogP contribution in [0.25, 0.3) is 0 Å². The smallest absolute Gasteiger partial charge is 0.0765 e. The Hall–Kier alpha value is 0.320. The molecule has 0 aromatic carbocycles. The number of halogens is 2. The molecule has 0 saturated heterocycles. The molecular weight excluding hydrogens is 406 g/mol.